The summed E-state index contributed by atoms with van der Waals surface area (Å²) in [5.74, 6) is 0.285. The lowest BCUT2D eigenvalue weighted by Gasteiger charge is -2.42. The number of amides is 1. The zero-order valence-electron chi connectivity index (χ0n) is 8.40. The first kappa shape index (κ1) is 9.93. The first-order chi connectivity index (χ1) is 6.72. The average Bonchev–Trinajstić information content (AvgIpc) is 2.14. The highest BCUT2D eigenvalue weighted by Gasteiger charge is 2.41. The molecule has 2 fully saturated rings. The molecule has 0 aromatic heterocycles. The molecule has 0 radical (unpaired) electrons. The highest BCUT2D eigenvalue weighted by Crippen LogP contribution is 2.32. The standard InChI is InChI=1S/C10H17NO3/c1-14-8-4-2-3-6(10(8)13)7-5-9(12)11-7/h6-8,10,13H,2-5H2,1H3,(H,11,12)/t6-,7-,8+,10?/m0/s1. The Bertz CT molecular complexity index is 223. The van der Waals surface area contributed by atoms with Crippen LogP contribution in [0.15, 0.2) is 0 Å². The maximum absolute atomic E-state index is 10.8. The summed E-state index contributed by atoms with van der Waals surface area (Å²) in [5, 5.41) is 12.8. The Hall–Kier alpha value is -0.610. The van der Waals surface area contributed by atoms with Crippen molar-refractivity contribution in [3.8, 4) is 0 Å². The molecule has 4 heteroatoms. The van der Waals surface area contributed by atoms with Crippen LogP contribution in [-0.4, -0.2) is 36.4 Å². The lowest BCUT2D eigenvalue weighted by molar-refractivity contribution is -0.134. The molecule has 0 aromatic carbocycles. The molecule has 4 atom stereocenters. The number of hydrogen-bond acceptors (Lipinski definition) is 3. The molecule has 1 saturated heterocycles. The summed E-state index contributed by atoms with van der Waals surface area (Å²) in [5.41, 5.74) is 0. The van der Waals surface area contributed by atoms with Gasteiger partial charge in [-0.2, -0.15) is 0 Å². The van der Waals surface area contributed by atoms with E-state index < -0.39 is 6.10 Å². The fraction of sp³-hybridized carbons (Fsp3) is 0.900. The van der Waals surface area contributed by atoms with Crippen molar-refractivity contribution < 1.29 is 14.6 Å². The van der Waals surface area contributed by atoms with Gasteiger partial charge in [-0.3, -0.25) is 4.79 Å². The Morgan fingerprint density at radius 3 is 2.79 bits per heavy atom. The van der Waals surface area contributed by atoms with Gasteiger partial charge in [0.2, 0.25) is 5.91 Å². The minimum absolute atomic E-state index is 0.0498. The normalized spacial score (nSPS) is 42.9. The molecule has 2 rings (SSSR count). The summed E-state index contributed by atoms with van der Waals surface area (Å²) in [6, 6.07) is 0.176. The van der Waals surface area contributed by atoms with Gasteiger partial charge in [0.15, 0.2) is 0 Å². The summed E-state index contributed by atoms with van der Waals surface area (Å²) in [6.45, 7) is 0. The van der Waals surface area contributed by atoms with Crippen LogP contribution < -0.4 is 5.32 Å². The number of methoxy groups -OCH3 is 1. The van der Waals surface area contributed by atoms with Gasteiger partial charge in [-0.1, -0.05) is 6.42 Å². The molecule has 1 heterocycles. The molecule has 14 heavy (non-hydrogen) atoms. The lowest BCUT2D eigenvalue weighted by atomic mass is 9.76. The highest BCUT2D eigenvalue weighted by atomic mass is 16.5. The van der Waals surface area contributed by atoms with Crippen LogP contribution >= 0.6 is 0 Å². The number of β-lactam (4-membered cyclic amide) rings is 1. The van der Waals surface area contributed by atoms with Gasteiger partial charge in [0.1, 0.15) is 0 Å². The van der Waals surface area contributed by atoms with E-state index in [0.29, 0.717) is 6.42 Å². The number of nitrogens with one attached hydrogen (secondary N) is 1. The molecule has 0 aromatic rings. The minimum atomic E-state index is -0.417. The minimum Gasteiger partial charge on any atom is -0.390 e. The third-order valence-corrected chi connectivity index (χ3v) is 3.42. The molecule has 80 valence electrons. The van der Waals surface area contributed by atoms with E-state index in [1.807, 2.05) is 0 Å². The lowest BCUT2D eigenvalue weighted by Crippen LogP contribution is -2.58. The second-order valence-electron chi connectivity index (χ2n) is 4.24. The maximum Gasteiger partial charge on any atom is 0.222 e. The first-order valence-corrected chi connectivity index (χ1v) is 5.22. The van der Waals surface area contributed by atoms with Crippen molar-refractivity contribution in [2.45, 2.75) is 43.9 Å². The number of hydrogen-bond donors (Lipinski definition) is 2. The Morgan fingerprint density at radius 1 is 1.50 bits per heavy atom. The van der Waals surface area contributed by atoms with E-state index in [4.69, 9.17) is 4.74 Å². The maximum atomic E-state index is 10.8. The van der Waals surface area contributed by atoms with Crippen LogP contribution in [0, 0.1) is 5.92 Å². The summed E-state index contributed by atoms with van der Waals surface area (Å²) in [6.07, 6.45) is 3.09. The third-order valence-electron chi connectivity index (χ3n) is 3.42. The molecular formula is C10H17NO3. The van der Waals surface area contributed by atoms with E-state index in [2.05, 4.69) is 5.32 Å². The Morgan fingerprint density at radius 2 is 2.21 bits per heavy atom. The van der Waals surface area contributed by atoms with Crippen molar-refractivity contribution >= 4 is 5.91 Å². The summed E-state index contributed by atoms with van der Waals surface area (Å²) in [4.78, 5) is 10.8. The Kier molecular flexibility index (Phi) is 2.74. The van der Waals surface area contributed by atoms with Crippen molar-refractivity contribution in [3.05, 3.63) is 0 Å². The van der Waals surface area contributed by atoms with Crippen LogP contribution in [0.1, 0.15) is 25.7 Å². The number of ether oxygens (including phenoxy) is 1. The fourth-order valence-corrected chi connectivity index (χ4v) is 2.51. The van der Waals surface area contributed by atoms with Crippen molar-refractivity contribution in [2.24, 2.45) is 5.92 Å². The van der Waals surface area contributed by atoms with Crippen LogP contribution in [0.2, 0.25) is 0 Å². The molecule has 1 aliphatic carbocycles. The van der Waals surface area contributed by atoms with Gasteiger partial charge >= 0.3 is 0 Å². The highest BCUT2D eigenvalue weighted by molar-refractivity contribution is 5.82. The van der Waals surface area contributed by atoms with Crippen LogP contribution in [0.5, 0.6) is 0 Å². The van der Waals surface area contributed by atoms with Gasteiger partial charge in [0.05, 0.1) is 12.2 Å². The number of carbonyl (C=O) groups is 1. The van der Waals surface area contributed by atoms with Gasteiger partial charge in [-0.25, -0.2) is 0 Å². The number of aliphatic hydroxyl groups excluding tert-OH is 1. The Balaban J connectivity index is 1.94. The largest absolute Gasteiger partial charge is 0.390 e. The summed E-state index contributed by atoms with van der Waals surface area (Å²) < 4.78 is 5.22. The van der Waals surface area contributed by atoms with E-state index in [-0.39, 0.29) is 24.0 Å². The van der Waals surface area contributed by atoms with Crippen LogP contribution in [0.4, 0.5) is 0 Å². The van der Waals surface area contributed by atoms with Crippen molar-refractivity contribution in [1.29, 1.82) is 0 Å². The van der Waals surface area contributed by atoms with Gasteiger partial charge < -0.3 is 15.2 Å². The first-order valence-electron chi connectivity index (χ1n) is 5.22. The van der Waals surface area contributed by atoms with Crippen molar-refractivity contribution in [3.63, 3.8) is 0 Å². The summed E-state index contributed by atoms with van der Waals surface area (Å²) >= 11 is 0. The molecule has 2 N–H and O–H groups in total. The van der Waals surface area contributed by atoms with Crippen LogP contribution in [-0.2, 0) is 9.53 Å². The molecule has 1 saturated carbocycles. The number of aliphatic hydroxyl groups is 1. The van der Waals surface area contributed by atoms with E-state index in [1.54, 1.807) is 7.11 Å². The smallest absolute Gasteiger partial charge is 0.222 e. The molecule has 1 aliphatic heterocycles. The Labute approximate surface area is 83.6 Å². The monoisotopic (exact) mass is 199 g/mol. The molecule has 0 bridgehead atoms. The van der Waals surface area contributed by atoms with E-state index in [9.17, 15) is 9.90 Å². The van der Waals surface area contributed by atoms with Gasteiger partial charge in [-0.15, -0.1) is 0 Å². The van der Waals surface area contributed by atoms with Gasteiger partial charge in [-0.05, 0) is 12.8 Å². The average molecular weight is 199 g/mol. The molecule has 4 nitrogen and oxygen atoms in total. The molecule has 1 unspecified atom stereocenters. The molecule has 1 amide bonds. The van der Waals surface area contributed by atoms with E-state index in [1.165, 1.54) is 0 Å². The zero-order valence-corrected chi connectivity index (χ0v) is 8.40. The van der Waals surface area contributed by atoms with Crippen LogP contribution in [0.25, 0.3) is 0 Å². The van der Waals surface area contributed by atoms with Crippen molar-refractivity contribution in [2.75, 3.05) is 7.11 Å². The van der Waals surface area contributed by atoms with E-state index in [0.717, 1.165) is 19.3 Å². The predicted molar refractivity (Wildman–Crippen MR) is 50.7 cm³/mol. The van der Waals surface area contributed by atoms with Crippen molar-refractivity contribution in [1.82, 2.24) is 5.32 Å². The number of rotatable bonds is 2. The fourth-order valence-electron chi connectivity index (χ4n) is 2.51. The third kappa shape index (κ3) is 1.64. The number of carbonyl (C=O) groups excluding carboxylic acids is 1. The quantitative estimate of drug-likeness (QED) is 0.618. The zero-order chi connectivity index (χ0) is 10.1. The molecular weight excluding hydrogens is 182 g/mol. The molecule has 2 aliphatic rings. The topological polar surface area (TPSA) is 58.6 Å². The van der Waals surface area contributed by atoms with Crippen LogP contribution in [0.3, 0.4) is 0 Å². The SMILES string of the molecule is CO[C@@H]1CCC[C@@H]([C@@H]2CC(=O)N2)C1O. The van der Waals surface area contributed by atoms with E-state index >= 15 is 0 Å². The predicted octanol–water partition coefficient (Wildman–Crippen LogP) is 0.0509. The van der Waals surface area contributed by atoms with Gasteiger partial charge in [0, 0.05) is 25.5 Å². The second kappa shape index (κ2) is 3.87. The van der Waals surface area contributed by atoms with Gasteiger partial charge in [0.25, 0.3) is 0 Å². The molecule has 0 spiro atoms. The second-order valence-corrected chi connectivity index (χ2v) is 4.24. The summed E-state index contributed by atoms with van der Waals surface area (Å²) in [7, 11) is 1.63.